The molecule has 0 radical (unpaired) electrons. The molecule has 0 atom stereocenters. The maximum Gasteiger partial charge on any atom is 0.269 e. The Hall–Kier alpha value is -3.91. The number of hydrogen-bond acceptors (Lipinski definition) is 5. The summed E-state index contributed by atoms with van der Waals surface area (Å²) in [5.41, 5.74) is 6.87. The summed E-state index contributed by atoms with van der Waals surface area (Å²) >= 11 is 5.11. The highest BCUT2D eigenvalue weighted by molar-refractivity contribution is 7.80. The van der Waals surface area contributed by atoms with Crippen LogP contribution in [0, 0.1) is 0 Å². The van der Waals surface area contributed by atoms with E-state index in [0.29, 0.717) is 35.8 Å². The second kappa shape index (κ2) is 13.0. The molecule has 0 bridgehead atoms. The van der Waals surface area contributed by atoms with Crippen molar-refractivity contribution < 1.29 is 19.1 Å². The number of nitrogens with one attached hydrogen (secondary N) is 3. The van der Waals surface area contributed by atoms with E-state index in [2.05, 4.69) is 23.1 Å². The molecular weight excluding hydrogens is 450 g/mol. The van der Waals surface area contributed by atoms with Crippen molar-refractivity contribution >= 4 is 29.1 Å². The average Bonchev–Trinajstić information content (AvgIpc) is 2.87. The molecule has 3 N–H and O–H groups in total. The summed E-state index contributed by atoms with van der Waals surface area (Å²) in [5.74, 6) is 0.451. The first-order chi connectivity index (χ1) is 16.5. The first-order valence-corrected chi connectivity index (χ1v) is 11.4. The Morgan fingerprint density at radius 2 is 1.56 bits per heavy atom. The molecule has 0 saturated heterocycles. The molecule has 0 saturated carbocycles. The topological polar surface area (TPSA) is 88.7 Å². The molecule has 3 aromatic rings. The maximum atomic E-state index is 12.4. The van der Waals surface area contributed by atoms with Gasteiger partial charge in [0.05, 0.1) is 6.61 Å². The van der Waals surface area contributed by atoms with E-state index in [-0.39, 0.29) is 5.11 Å². The highest BCUT2D eigenvalue weighted by atomic mass is 32.1. The fraction of sp³-hybridized carbons (Fsp3) is 0.192. The lowest BCUT2D eigenvalue weighted by Crippen LogP contribution is -2.48. The molecule has 34 heavy (non-hydrogen) atoms. The molecule has 0 heterocycles. The van der Waals surface area contributed by atoms with E-state index in [0.717, 1.165) is 18.4 Å². The molecule has 3 aromatic carbocycles. The van der Waals surface area contributed by atoms with Gasteiger partial charge in [-0.05, 0) is 66.7 Å². The smallest absolute Gasteiger partial charge is 0.269 e. The van der Waals surface area contributed by atoms with Gasteiger partial charge in [0.15, 0.2) is 5.11 Å². The summed E-state index contributed by atoms with van der Waals surface area (Å²) in [6.45, 7) is 3.11. The Labute approximate surface area is 204 Å². The van der Waals surface area contributed by atoms with Gasteiger partial charge in [-0.3, -0.25) is 25.8 Å². The third kappa shape index (κ3) is 7.90. The number of carbonyl (C=O) groups excluding carboxylic acids is 2. The number of thiocarbonyl (C=S) groups is 1. The fourth-order valence-corrected chi connectivity index (χ4v) is 3.04. The molecule has 3 rings (SSSR count). The summed E-state index contributed by atoms with van der Waals surface area (Å²) < 4.78 is 11.3. The third-order valence-electron chi connectivity index (χ3n) is 4.74. The second-order valence-corrected chi connectivity index (χ2v) is 7.80. The van der Waals surface area contributed by atoms with Crippen molar-refractivity contribution in [3.05, 3.63) is 95.6 Å². The Kier molecular flexibility index (Phi) is 9.42. The van der Waals surface area contributed by atoms with E-state index in [1.807, 2.05) is 30.3 Å². The Balaban J connectivity index is 1.44. The number of carbonyl (C=O) groups is 2. The van der Waals surface area contributed by atoms with Crippen LogP contribution < -0.4 is 25.6 Å². The van der Waals surface area contributed by atoms with Gasteiger partial charge in [0, 0.05) is 11.1 Å². The van der Waals surface area contributed by atoms with Crippen LogP contribution in [0.1, 0.15) is 46.0 Å². The number of hydrogen-bond donors (Lipinski definition) is 3. The lowest BCUT2D eigenvalue weighted by atomic mass is 10.2. The van der Waals surface area contributed by atoms with E-state index in [1.54, 1.807) is 48.5 Å². The van der Waals surface area contributed by atoms with E-state index < -0.39 is 11.8 Å². The molecule has 2 amide bonds. The summed E-state index contributed by atoms with van der Waals surface area (Å²) in [6, 6.07) is 23.4. The van der Waals surface area contributed by atoms with Gasteiger partial charge >= 0.3 is 0 Å². The Bertz CT molecular complexity index is 1100. The van der Waals surface area contributed by atoms with E-state index in [1.165, 1.54) is 0 Å². The quantitative estimate of drug-likeness (QED) is 0.241. The molecule has 7 nitrogen and oxygen atoms in total. The predicted octanol–water partition coefficient (Wildman–Crippen LogP) is 4.39. The van der Waals surface area contributed by atoms with Crippen LogP contribution in [0.5, 0.6) is 11.5 Å². The Morgan fingerprint density at radius 3 is 2.29 bits per heavy atom. The molecule has 0 spiro atoms. The van der Waals surface area contributed by atoms with E-state index in [4.69, 9.17) is 21.7 Å². The molecule has 0 aliphatic carbocycles. The molecule has 0 aromatic heterocycles. The highest BCUT2D eigenvalue weighted by Gasteiger charge is 2.11. The second-order valence-electron chi connectivity index (χ2n) is 7.39. The fourth-order valence-electron chi connectivity index (χ4n) is 2.90. The first-order valence-electron chi connectivity index (χ1n) is 11.0. The van der Waals surface area contributed by atoms with Crippen molar-refractivity contribution in [1.29, 1.82) is 0 Å². The Morgan fingerprint density at radius 1 is 0.794 bits per heavy atom. The zero-order valence-electron chi connectivity index (χ0n) is 18.9. The lowest BCUT2D eigenvalue weighted by molar-refractivity contribution is 0.0934. The van der Waals surface area contributed by atoms with Crippen LogP contribution >= 0.6 is 12.2 Å². The lowest BCUT2D eigenvalue weighted by Gasteiger charge is -2.12. The van der Waals surface area contributed by atoms with Gasteiger partial charge in [-0.2, -0.15) is 0 Å². The van der Waals surface area contributed by atoms with E-state index in [9.17, 15) is 9.59 Å². The van der Waals surface area contributed by atoms with Gasteiger partial charge in [0.2, 0.25) is 0 Å². The van der Waals surface area contributed by atoms with Crippen LogP contribution in [0.3, 0.4) is 0 Å². The standard InChI is InChI=1S/C26H27N3O4S/c1-2-3-16-32-23-11-7-10-21(17-23)24(30)27-26(34)29-28-25(31)20-12-14-22(15-13-20)33-18-19-8-5-4-6-9-19/h4-15,17H,2-3,16,18H2,1H3,(H,28,31)(H2,27,29,30,34). The van der Waals surface area contributed by atoms with Crippen LogP contribution in [0.25, 0.3) is 0 Å². The number of rotatable bonds is 9. The van der Waals surface area contributed by atoms with Crippen molar-refractivity contribution in [3.63, 3.8) is 0 Å². The zero-order valence-corrected chi connectivity index (χ0v) is 19.7. The van der Waals surface area contributed by atoms with Crippen molar-refractivity contribution in [2.45, 2.75) is 26.4 Å². The first kappa shape index (κ1) is 24.7. The van der Waals surface area contributed by atoms with Crippen molar-refractivity contribution in [1.82, 2.24) is 16.2 Å². The number of hydrazine groups is 1. The zero-order chi connectivity index (χ0) is 24.2. The molecule has 176 valence electrons. The van der Waals surface area contributed by atoms with Gasteiger partial charge in [-0.1, -0.05) is 49.7 Å². The molecule has 0 aliphatic heterocycles. The van der Waals surface area contributed by atoms with Gasteiger partial charge in [0.1, 0.15) is 18.1 Å². The summed E-state index contributed by atoms with van der Waals surface area (Å²) in [4.78, 5) is 24.8. The van der Waals surface area contributed by atoms with Gasteiger partial charge in [-0.15, -0.1) is 0 Å². The van der Waals surface area contributed by atoms with Gasteiger partial charge < -0.3 is 9.47 Å². The van der Waals surface area contributed by atoms with E-state index >= 15 is 0 Å². The minimum atomic E-state index is -0.410. The van der Waals surface area contributed by atoms with Crippen LogP contribution in [0.4, 0.5) is 0 Å². The minimum Gasteiger partial charge on any atom is -0.494 e. The van der Waals surface area contributed by atoms with Crippen LogP contribution in [-0.2, 0) is 6.61 Å². The molecule has 0 fully saturated rings. The summed E-state index contributed by atoms with van der Waals surface area (Å²) in [5, 5.41) is 2.50. The number of amides is 2. The number of unbranched alkanes of at least 4 members (excludes halogenated alkanes) is 1. The van der Waals surface area contributed by atoms with Crippen LogP contribution in [0.2, 0.25) is 0 Å². The van der Waals surface area contributed by atoms with Crippen molar-refractivity contribution in [2.24, 2.45) is 0 Å². The minimum absolute atomic E-state index is 0.0292. The highest BCUT2D eigenvalue weighted by Crippen LogP contribution is 2.15. The third-order valence-corrected chi connectivity index (χ3v) is 4.95. The predicted molar refractivity (Wildman–Crippen MR) is 135 cm³/mol. The number of benzene rings is 3. The van der Waals surface area contributed by atoms with Crippen LogP contribution in [0.15, 0.2) is 78.9 Å². The molecule has 0 unspecified atom stereocenters. The van der Waals surface area contributed by atoms with Crippen molar-refractivity contribution in [3.8, 4) is 11.5 Å². The normalized spacial score (nSPS) is 10.1. The SMILES string of the molecule is CCCCOc1cccc(C(=O)NC(=S)NNC(=O)c2ccc(OCc3ccccc3)cc2)c1. The monoisotopic (exact) mass is 477 g/mol. The van der Waals surface area contributed by atoms with Crippen molar-refractivity contribution in [2.75, 3.05) is 6.61 Å². The van der Waals surface area contributed by atoms with Gasteiger partial charge in [-0.25, -0.2) is 0 Å². The molecule has 8 heteroatoms. The number of ether oxygens (including phenoxy) is 2. The molecule has 0 aliphatic rings. The average molecular weight is 478 g/mol. The maximum absolute atomic E-state index is 12.4. The largest absolute Gasteiger partial charge is 0.494 e. The van der Waals surface area contributed by atoms with Crippen LogP contribution in [-0.4, -0.2) is 23.5 Å². The summed E-state index contributed by atoms with van der Waals surface area (Å²) in [7, 11) is 0. The van der Waals surface area contributed by atoms with Gasteiger partial charge in [0.25, 0.3) is 11.8 Å². The molecular formula is C26H27N3O4S. The summed E-state index contributed by atoms with van der Waals surface area (Å²) in [6.07, 6.45) is 1.96.